The van der Waals surface area contributed by atoms with Crippen LogP contribution in [0.1, 0.15) is 47.9 Å². The fourth-order valence-electron chi connectivity index (χ4n) is 5.08. The average Bonchev–Trinajstić information content (AvgIpc) is 3.12. The van der Waals surface area contributed by atoms with E-state index in [9.17, 15) is 80.5 Å². The first kappa shape index (κ1) is 38.5. The van der Waals surface area contributed by atoms with E-state index in [0.29, 0.717) is 48.5 Å². The fourth-order valence-corrected chi connectivity index (χ4v) is 5.08. The summed E-state index contributed by atoms with van der Waals surface area (Å²) in [7, 11) is 0. The lowest BCUT2D eigenvalue weighted by atomic mass is 10.0. The Kier molecular flexibility index (Phi) is 10.6. The van der Waals surface area contributed by atoms with E-state index >= 15 is 0 Å². The molecule has 4 aromatic carbocycles. The van der Waals surface area contributed by atoms with Gasteiger partial charge in [-0.3, -0.25) is 0 Å². The number of rotatable bonds is 9. The predicted molar refractivity (Wildman–Crippen MR) is 173 cm³/mol. The third-order valence-corrected chi connectivity index (χ3v) is 7.82. The summed E-state index contributed by atoms with van der Waals surface area (Å²) in [5, 5.41) is 118. The van der Waals surface area contributed by atoms with Gasteiger partial charge in [-0.2, -0.15) is 0 Å². The van der Waals surface area contributed by atoms with Crippen LogP contribution in [0.25, 0.3) is 0 Å². The highest BCUT2D eigenvalue weighted by atomic mass is 16.7. The molecule has 4 atom stereocenters. The Morgan fingerprint density at radius 1 is 0.473 bits per heavy atom. The zero-order chi connectivity index (χ0) is 40.5. The molecule has 0 amide bonds. The number of benzene rings is 4. The molecule has 12 N–H and O–H groups in total. The smallest absolute Gasteiger partial charge is 0.340 e. The van der Waals surface area contributed by atoms with Gasteiger partial charge in [0.25, 0.3) is 0 Å². The molecule has 55 heavy (non-hydrogen) atoms. The number of hydrogen-bond acceptors (Lipinski definition) is 21. The van der Waals surface area contributed by atoms with Gasteiger partial charge in [-0.25, -0.2) is 19.2 Å². The lowest BCUT2D eigenvalue weighted by molar-refractivity contribution is -0.238. The zero-order valence-electron chi connectivity index (χ0n) is 27.4. The summed E-state index contributed by atoms with van der Waals surface area (Å²) in [5.74, 6) is -16.9. The summed E-state index contributed by atoms with van der Waals surface area (Å²) in [5.41, 5.74) is -2.26. The lowest BCUT2D eigenvalue weighted by Crippen LogP contribution is -2.54. The molecule has 1 aliphatic heterocycles. The van der Waals surface area contributed by atoms with E-state index in [-0.39, 0.29) is 0 Å². The van der Waals surface area contributed by atoms with E-state index in [1.807, 2.05) is 0 Å². The molecule has 1 fully saturated rings. The summed E-state index contributed by atoms with van der Waals surface area (Å²) in [6.07, 6.45) is -8.11. The van der Waals surface area contributed by atoms with E-state index in [4.69, 9.17) is 23.7 Å². The molecule has 0 radical (unpaired) electrons. The minimum atomic E-state index is -1.90. The van der Waals surface area contributed by atoms with E-state index in [1.165, 1.54) is 0 Å². The quantitative estimate of drug-likeness (QED) is 0.0654. The Hall–Kier alpha value is -7.68. The average molecular weight is 773 g/mol. The van der Waals surface area contributed by atoms with Crippen molar-refractivity contribution in [2.24, 2.45) is 0 Å². The number of aromatic hydroxyl groups is 12. The van der Waals surface area contributed by atoms with Crippen LogP contribution in [0.2, 0.25) is 0 Å². The normalized spacial score (nSPS) is 17.8. The molecule has 21 nitrogen and oxygen atoms in total. The number of carbonyl (C=O) groups excluding carboxylic acids is 4. The molecule has 0 unspecified atom stereocenters. The molecule has 4 aromatic rings. The van der Waals surface area contributed by atoms with Crippen LogP contribution in [0.3, 0.4) is 0 Å². The fraction of sp³-hybridized carbons (Fsp3) is 0.176. The first-order chi connectivity index (χ1) is 25.8. The van der Waals surface area contributed by atoms with Crippen molar-refractivity contribution in [2.45, 2.75) is 31.0 Å². The van der Waals surface area contributed by atoms with Gasteiger partial charge in [-0.15, -0.1) is 0 Å². The third-order valence-electron chi connectivity index (χ3n) is 7.82. The highest BCUT2D eigenvalue weighted by molar-refractivity contribution is 5.93. The van der Waals surface area contributed by atoms with Gasteiger partial charge in [0.1, 0.15) is 18.8 Å². The SMILES string of the molecule is O=C(OC[C@H]1O[C@H](OC(=O)c2cc(O)c(O)c(O)c2)C[C@@H](OC(=O)c2cc(O)c(O)c(O)c2)[C@@H]1OC(=O)c1cc(O)c(O)c(O)c1)c1cc(O)c(O)c(O)c1. The van der Waals surface area contributed by atoms with Crippen molar-refractivity contribution in [3.8, 4) is 69.0 Å². The van der Waals surface area contributed by atoms with Crippen molar-refractivity contribution in [2.75, 3.05) is 6.61 Å². The second-order valence-corrected chi connectivity index (χ2v) is 11.6. The molecule has 1 saturated heterocycles. The van der Waals surface area contributed by atoms with Crippen molar-refractivity contribution in [1.82, 2.24) is 0 Å². The number of esters is 4. The van der Waals surface area contributed by atoms with Crippen LogP contribution in [0, 0.1) is 0 Å². The minimum absolute atomic E-state index is 0.531. The molecule has 0 saturated carbocycles. The van der Waals surface area contributed by atoms with Crippen LogP contribution < -0.4 is 0 Å². The van der Waals surface area contributed by atoms with E-state index in [0.717, 1.165) is 0 Å². The van der Waals surface area contributed by atoms with Crippen molar-refractivity contribution < 1.29 is 104 Å². The van der Waals surface area contributed by atoms with E-state index < -0.39 is 153 Å². The topological polar surface area (TPSA) is 357 Å². The Labute approximate surface area is 305 Å². The van der Waals surface area contributed by atoms with Gasteiger partial charge in [0.15, 0.2) is 75.1 Å². The maximum atomic E-state index is 13.3. The lowest BCUT2D eigenvalue weighted by Gasteiger charge is -2.39. The largest absolute Gasteiger partial charge is 0.504 e. The maximum absolute atomic E-state index is 13.3. The van der Waals surface area contributed by atoms with E-state index in [2.05, 4.69) is 0 Å². The van der Waals surface area contributed by atoms with Crippen molar-refractivity contribution >= 4 is 23.9 Å². The standard InChI is InChI=1S/C34H28O21/c35-15-1-11(2-16(36)26(15)43)31(47)51-10-24-30(55-34(50)14-7-21(41)29(46)22(42)8-14)23(53-32(48)12-3-17(37)27(44)18(38)4-12)9-25(52-24)54-33(49)13-5-19(39)28(45)20(40)6-13/h1-8,23-25,30,35-46H,9-10H2/t23-,24-,25-,30+/m1/s1. The summed E-state index contributed by atoms with van der Waals surface area (Å²) in [6.45, 7) is -0.991. The third kappa shape index (κ3) is 8.20. The van der Waals surface area contributed by atoms with Crippen molar-refractivity contribution in [3.63, 3.8) is 0 Å². The number of carbonyl (C=O) groups is 4. The summed E-state index contributed by atoms with van der Waals surface area (Å²) in [6, 6.07) is 5.55. The first-order valence-electron chi connectivity index (χ1n) is 15.3. The molecule has 1 heterocycles. The molecule has 0 aliphatic carbocycles. The van der Waals surface area contributed by atoms with Crippen molar-refractivity contribution in [3.05, 3.63) is 70.8 Å². The van der Waals surface area contributed by atoms with Crippen LogP contribution >= 0.6 is 0 Å². The molecular weight excluding hydrogens is 744 g/mol. The second kappa shape index (κ2) is 15.1. The molecule has 0 spiro atoms. The molecule has 5 rings (SSSR count). The van der Waals surface area contributed by atoms with Gasteiger partial charge >= 0.3 is 23.9 Å². The van der Waals surface area contributed by atoms with Crippen LogP contribution in [0.5, 0.6) is 69.0 Å². The Bertz CT molecular complexity index is 2100. The van der Waals surface area contributed by atoms with Gasteiger partial charge in [-0.05, 0) is 48.5 Å². The second-order valence-electron chi connectivity index (χ2n) is 11.6. The number of phenolic OH excluding ortho intramolecular Hbond substituents is 12. The predicted octanol–water partition coefficient (Wildman–Crippen LogP) is 1.73. The monoisotopic (exact) mass is 772 g/mol. The maximum Gasteiger partial charge on any atom is 0.340 e. The molecule has 1 aliphatic rings. The summed E-state index contributed by atoms with van der Waals surface area (Å²) < 4.78 is 27.3. The number of phenols is 12. The van der Waals surface area contributed by atoms with Crippen LogP contribution in [-0.2, 0) is 23.7 Å². The van der Waals surface area contributed by atoms with Gasteiger partial charge in [-0.1, -0.05) is 0 Å². The van der Waals surface area contributed by atoms with Gasteiger partial charge in [0.2, 0.25) is 6.29 Å². The Morgan fingerprint density at radius 2 is 0.782 bits per heavy atom. The van der Waals surface area contributed by atoms with Gasteiger partial charge < -0.3 is 85.0 Å². The minimum Gasteiger partial charge on any atom is -0.504 e. The van der Waals surface area contributed by atoms with Crippen molar-refractivity contribution in [1.29, 1.82) is 0 Å². The number of hydrogen-bond donors (Lipinski definition) is 12. The van der Waals surface area contributed by atoms with Gasteiger partial charge in [0, 0.05) is 0 Å². The molecule has 21 heteroatoms. The number of ether oxygens (including phenoxy) is 5. The van der Waals surface area contributed by atoms with Gasteiger partial charge in [0.05, 0.1) is 28.7 Å². The molecule has 0 bridgehead atoms. The van der Waals surface area contributed by atoms with Crippen LogP contribution in [0.4, 0.5) is 0 Å². The highest BCUT2D eigenvalue weighted by Crippen LogP contribution is 2.40. The zero-order valence-corrected chi connectivity index (χ0v) is 27.4. The highest BCUT2D eigenvalue weighted by Gasteiger charge is 2.46. The Morgan fingerprint density at radius 3 is 1.15 bits per heavy atom. The molecule has 0 aromatic heterocycles. The van der Waals surface area contributed by atoms with Crippen LogP contribution in [-0.4, -0.2) is 116 Å². The Balaban J connectivity index is 1.52. The first-order valence-corrected chi connectivity index (χ1v) is 15.3. The molecular formula is C34H28O21. The van der Waals surface area contributed by atoms with E-state index in [1.54, 1.807) is 0 Å². The summed E-state index contributed by atoms with van der Waals surface area (Å²) in [4.78, 5) is 52.7. The molecule has 290 valence electrons. The summed E-state index contributed by atoms with van der Waals surface area (Å²) >= 11 is 0. The van der Waals surface area contributed by atoms with Crippen LogP contribution in [0.15, 0.2) is 48.5 Å².